The molecule has 0 fully saturated rings. The van der Waals surface area contributed by atoms with Crippen LogP contribution in [-0.2, 0) is 0 Å². The normalized spacial score (nSPS) is 11.4. The van der Waals surface area contributed by atoms with Gasteiger partial charge in [0.15, 0.2) is 0 Å². The summed E-state index contributed by atoms with van der Waals surface area (Å²) in [7, 11) is 0. The van der Waals surface area contributed by atoms with Crippen LogP contribution < -0.4 is 0 Å². The fourth-order valence-electron chi connectivity index (χ4n) is 10.2. The quantitative estimate of drug-likeness (QED) is 0.162. The van der Waals surface area contributed by atoms with Gasteiger partial charge in [0.1, 0.15) is 11.2 Å². The molecule has 0 bridgehead atoms. The van der Waals surface area contributed by atoms with Crippen molar-refractivity contribution in [1.82, 2.24) is 13.7 Å². The van der Waals surface area contributed by atoms with Gasteiger partial charge in [-0.2, -0.15) is 0 Å². The Morgan fingerprint density at radius 2 is 0.761 bits per heavy atom. The van der Waals surface area contributed by atoms with Gasteiger partial charge in [-0.15, -0.1) is 11.3 Å². The summed E-state index contributed by atoms with van der Waals surface area (Å²) in [5, 5.41) is 12.0. The first kappa shape index (κ1) is 41.6. The van der Waals surface area contributed by atoms with E-state index in [9.17, 15) is 0 Å². The number of furan rings is 1. The van der Waals surface area contributed by atoms with Crippen LogP contribution in [0.5, 0.6) is 0 Å². The van der Waals surface area contributed by atoms with E-state index in [1.54, 1.807) is 12.2 Å². The van der Waals surface area contributed by atoms with Crippen LogP contribution in [0, 0.1) is 0 Å². The van der Waals surface area contributed by atoms with E-state index in [0.717, 1.165) is 60.6 Å². The predicted octanol–water partition coefficient (Wildman–Crippen LogP) is 18.7. The Balaban J connectivity index is 0.000000583. The highest BCUT2D eigenvalue weighted by Crippen LogP contribution is 2.45. The molecule has 5 heteroatoms. The summed E-state index contributed by atoms with van der Waals surface area (Å²) < 4.78 is 17.0. The Bertz CT molecular complexity index is 4190. The molecular formula is C62H49N3OS. The highest BCUT2D eigenvalue weighted by Gasteiger charge is 2.23. The molecule has 0 atom stereocenters. The maximum Gasteiger partial charge on any atom is 0.145 e. The Morgan fingerprint density at radius 3 is 1.36 bits per heavy atom. The lowest BCUT2D eigenvalue weighted by molar-refractivity contribution is 0.677. The summed E-state index contributed by atoms with van der Waals surface area (Å²) in [6.45, 7) is 14.7. The van der Waals surface area contributed by atoms with E-state index in [4.69, 9.17) is 4.42 Å². The molecule has 9 aromatic carbocycles. The van der Waals surface area contributed by atoms with Crippen molar-refractivity contribution in [2.45, 2.75) is 27.7 Å². The van der Waals surface area contributed by atoms with Crippen molar-refractivity contribution in [3.8, 4) is 17.1 Å². The Morgan fingerprint density at radius 1 is 0.343 bits per heavy atom. The minimum atomic E-state index is 0.922. The maximum atomic E-state index is 7.20. The number of hydrogen-bond acceptors (Lipinski definition) is 2. The van der Waals surface area contributed by atoms with Crippen molar-refractivity contribution in [3.63, 3.8) is 0 Å². The van der Waals surface area contributed by atoms with Crippen molar-refractivity contribution in [2.75, 3.05) is 0 Å². The third-order valence-electron chi connectivity index (χ3n) is 12.8. The summed E-state index contributed by atoms with van der Waals surface area (Å²) in [6.07, 6.45) is 3.28. The Labute approximate surface area is 393 Å². The van der Waals surface area contributed by atoms with Gasteiger partial charge >= 0.3 is 0 Å². The molecule has 0 aliphatic carbocycles. The standard InChI is InChI=1S/C54H31N3OS.C4H6.2C2H6/c1-2-12-32(13-3-1)55-44-19-9-5-16-39(44)51-47(55)27-24-37-38-25-28-48-52(54(38)58-53(37)51)40-17-6-10-20-45(40)57(48)33-22-26-46-41(30-33)35-14-4-8-18-43(35)56(46)34-23-29-50-42(31-34)36-15-7-11-21-49(36)59-50;1-3-4-2;2*1-2/h1-31H;3-4H,1-2H2;2*1-2H3. The topological polar surface area (TPSA) is 27.9 Å². The zero-order valence-corrected chi connectivity index (χ0v) is 38.9. The predicted molar refractivity (Wildman–Crippen MR) is 293 cm³/mol. The number of para-hydroxylation sites is 4. The second-order valence-electron chi connectivity index (χ2n) is 16.1. The first-order valence-electron chi connectivity index (χ1n) is 23.2. The summed E-state index contributed by atoms with van der Waals surface area (Å²) in [6, 6.07) is 68.6. The lowest BCUT2D eigenvalue weighted by atomic mass is 10.1. The number of thiophene rings is 1. The molecule has 0 radical (unpaired) electrons. The fraction of sp³-hybridized carbons (Fsp3) is 0.0645. The average Bonchev–Trinajstić information content (AvgIpc) is 4.21. The molecule has 0 saturated carbocycles. The first-order valence-corrected chi connectivity index (χ1v) is 24.1. The highest BCUT2D eigenvalue weighted by atomic mass is 32.1. The largest absolute Gasteiger partial charge is 0.455 e. The third-order valence-corrected chi connectivity index (χ3v) is 13.9. The molecule has 0 saturated heterocycles. The summed E-state index contributed by atoms with van der Waals surface area (Å²) in [5.74, 6) is 0. The molecule has 324 valence electrons. The molecule has 0 aliphatic rings. The summed E-state index contributed by atoms with van der Waals surface area (Å²) in [5.41, 5.74) is 12.2. The molecule has 14 rings (SSSR count). The maximum absolute atomic E-state index is 7.20. The number of allylic oxidation sites excluding steroid dienone is 2. The van der Waals surface area contributed by atoms with Crippen LogP contribution in [0.4, 0.5) is 0 Å². The minimum absolute atomic E-state index is 0.922. The molecule has 14 aromatic rings. The molecule has 0 N–H and O–H groups in total. The van der Waals surface area contributed by atoms with Crippen molar-refractivity contribution >= 4 is 119 Å². The van der Waals surface area contributed by atoms with Gasteiger partial charge in [-0.05, 0) is 97.1 Å². The van der Waals surface area contributed by atoms with E-state index < -0.39 is 0 Å². The molecular weight excluding hydrogens is 835 g/mol. The van der Waals surface area contributed by atoms with Crippen LogP contribution in [0.3, 0.4) is 0 Å². The second kappa shape index (κ2) is 17.0. The molecule has 0 unspecified atom stereocenters. The Kier molecular flexibility index (Phi) is 10.6. The van der Waals surface area contributed by atoms with Crippen molar-refractivity contribution in [2.24, 2.45) is 0 Å². The fourth-order valence-corrected chi connectivity index (χ4v) is 11.2. The molecule has 67 heavy (non-hydrogen) atoms. The van der Waals surface area contributed by atoms with Gasteiger partial charge in [-0.3, -0.25) is 0 Å². The van der Waals surface area contributed by atoms with Gasteiger partial charge in [0.25, 0.3) is 0 Å². The van der Waals surface area contributed by atoms with E-state index in [1.165, 1.54) is 64.0 Å². The summed E-state index contributed by atoms with van der Waals surface area (Å²) in [4.78, 5) is 0. The average molecular weight is 884 g/mol. The lowest BCUT2D eigenvalue weighted by Crippen LogP contribution is -1.95. The SMILES string of the molecule is C=CC=C.CC.CC.c1ccc(-n2c3ccccc3c3c4oc5c(ccc6c5c5ccccc5n6-c5ccc6c(c5)c5ccccc5n6-c5ccc6sc7ccccc7c6c5)c4ccc32)cc1. The molecule has 5 aromatic heterocycles. The van der Waals surface area contributed by atoms with E-state index in [2.05, 4.69) is 215 Å². The van der Waals surface area contributed by atoms with Crippen molar-refractivity contribution in [1.29, 1.82) is 0 Å². The van der Waals surface area contributed by atoms with Crippen molar-refractivity contribution < 1.29 is 4.42 Å². The van der Waals surface area contributed by atoms with Gasteiger partial charge in [-0.1, -0.05) is 144 Å². The van der Waals surface area contributed by atoms with Gasteiger partial charge in [0.05, 0.1) is 43.9 Å². The molecule has 5 heterocycles. The van der Waals surface area contributed by atoms with E-state index >= 15 is 0 Å². The van der Waals surface area contributed by atoms with E-state index in [-0.39, 0.29) is 0 Å². The second-order valence-corrected chi connectivity index (χ2v) is 17.2. The molecule has 4 nitrogen and oxygen atoms in total. The number of rotatable bonds is 4. The van der Waals surface area contributed by atoms with Gasteiger partial charge < -0.3 is 18.1 Å². The monoisotopic (exact) mass is 883 g/mol. The molecule has 0 aliphatic heterocycles. The number of nitrogens with zero attached hydrogens (tertiary/aromatic N) is 3. The Hall–Kier alpha value is -8.12. The van der Waals surface area contributed by atoms with E-state index in [1.807, 2.05) is 39.0 Å². The van der Waals surface area contributed by atoms with Crippen LogP contribution >= 0.6 is 11.3 Å². The van der Waals surface area contributed by atoms with Crippen LogP contribution in [0.25, 0.3) is 125 Å². The highest BCUT2D eigenvalue weighted by molar-refractivity contribution is 7.25. The first-order chi connectivity index (χ1) is 33.2. The van der Waals surface area contributed by atoms with Crippen LogP contribution in [0.2, 0.25) is 0 Å². The van der Waals surface area contributed by atoms with Crippen LogP contribution in [0.1, 0.15) is 27.7 Å². The van der Waals surface area contributed by atoms with Crippen LogP contribution in [0.15, 0.2) is 218 Å². The third kappa shape index (κ3) is 6.34. The summed E-state index contributed by atoms with van der Waals surface area (Å²) >= 11 is 1.86. The van der Waals surface area contributed by atoms with Gasteiger partial charge in [0.2, 0.25) is 0 Å². The number of hydrogen-bond donors (Lipinski definition) is 0. The van der Waals surface area contributed by atoms with Gasteiger partial charge in [-0.25, -0.2) is 0 Å². The van der Waals surface area contributed by atoms with Gasteiger partial charge in [0, 0.05) is 69.6 Å². The smallest absolute Gasteiger partial charge is 0.145 e. The zero-order chi connectivity index (χ0) is 45.8. The molecule has 0 amide bonds. The number of fused-ring (bicyclic) bond motifs is 17. The molecule has 0 spiro atoms. The number of aromatic nitrogens is 3. The van der Waals surface area contributed by atoms with Crippen molar-refractivity contribution in [3.05, 3.63) is 213 Å². The van der Waals surface area contributed by atoms with Crippen LogP contribution in [-0.4, -0.2) is 13.7 Å². The lowest BCUT2D eigenvalue weighted by Gasteiger charge is -2.10. The zero-order valence-electron chi connectivity index (χ0n) is 38.1. The number of benzene rings is 9. The van der Waals surface area contributed by atoms with E-state index in [0.29, 0.717) is 0 Å². The minimum Gasteiger partial charge on any atom is -0.455 e.